The van der Waals surface area contributed by atoms with Crippen molar-refractivity contribution in [1.29, 1.82) is 0 Å². The maximum Gasteiger partial charge on any atom is 0.326 e. The molecule has 0 saturated heterocycles. The van der Waals surface area contributed by atoms with Gasteiger partial charge in [0.15, 0.2) is 0 Å². The van der Waals surface area contributed by atoms with Crippen LogP contribution in [0.1, 0.15) is 37.9 Å². The highest BCUT2D eigenvalue weighted by Crippen LogP contribution is 2.08. The van der Waals surface area contributed by atoms with E-state index in [-0.39, 0.29) is 25.7 Å². The number of benzene rings is 1. The maximum atomic E-state index is 13.4. The summed E-state index contributed by atoms with van der Waals surface area (Å²) in [6.07, 6.45) is 2.46. The molecule has 0 aliphatic carbocycles. The molecule has 4 unspecified atom stereocenters. The molecule has 4 atom stereocenters. The molecule has 1 aromatic heterocycles. The molecule has 8 N–H and O–H groups in total. The molecule has 0 aliphatic rings. The van der Waals surface area contributed by atoms with Gasteiger partial charge >= 0.3 is 11.9 Å². The van der Waals surface area contributed by atoms with E-state index in [9.17, 15) is 29.1 Å². The third-order valence-corrected chi connectivity index (χ3v) is 5.76. The first-order valence-electron chi connectivity index (χ1n) is 12.1. The van der Waals surface area contributed by atoms with Crippen LogP contribution in [0.5, 0.6) is 0 Å². The van der Waals surface area contributed by atoms with E-state index in [1.54, 1.807) is 44.2 Å². The third-order valence-electron chi connectivity index (χ3n) is 5.76. The fraction of sp³-hybridized carbons (Fsp3) is 0.440. The van der Waals surface area contributed by atoms with Crippen molar-refractivity contribution in [2.75, 3.05) is 0 Å². The van der Waals surface area contributed by atoms with Crippen LogP contribution in [0.25, 0.3) is 0 Å². The number of nitrogens with two attached hydrogens (primary N) is 1. The van der Waals surface area contributed by atoms with Crippen molar-refractivity contribution in [1.82, 2.24) is 25.9 Å². The van der Waals surface area contributed by atoms with Gasteiger partial charge in [-0.25, -0.2) is 9.78 Å². The highest BCUT2D eigenvalue weighted by atomic mass is 16.4. The van der Waals surface area contributed by atoms with Crippen LogP contribution in [-0.2, 0) is 36.8 Å². The molecule has 0 fully saturated rings. The number of carboxylic acid groups (broad SMARTS) is 2. The standard InChI is InChI=1S/C25H34N6O7/c1-14(2)21(25(37)38)31-24(36)19(11-16-12-27-13-28-16)30-23(35)18(10-15-6-4-3-5-7-15)29-22(34)17(26)8-9-20(32)33/h3-7,12-14,17-19,21H,8-11,26H2,1-2H3,(H,27,28)(H,29,34)(H,30,35)(H,31,36)(H,32,33)(H,37,38). The number of aromatic amines is 1. The maximum absolute atomic E-state index is 13.4. The predicted octanol–water partition coefficient (Wildman–Crippen LogP) is -0.418. The molecule has 38 heavy (non-hydrogen) atoms. The summed E-state index contributed by atoms with van der Waals surface area (Å²) < 4.78 is 0. The van der Waals surface area contributed by atoms with E-state index in [4.69, 9.17) is 10.8 Å². The Morgan fingerprint density at radius 3 is 2.08 bits per heavy atom. The molecule has 0 spiro atoms. The second-order valence-electron chi connectivity index (χ2n) is 9.20. The van der Waals surface area contributed by atoms with Crippen molar-refractivity contribution < 1.29 is 34.2 Å². The average Bonchev–Trinajstić information content (AvgIpc) is 3.38. The van der Waals surface area contributed by atoms with E-state index in [1.165, 1.54) is 12.5 Å². The Morgan fingerprint density at radius 1 is 0.921 bits per heavy atom. The van der Waals surface area contributed by atoms with Gasteiger partial charge in [-0.1, -0.05) is 44.2 Å². The minimum absolute atomic E-state index is 0.0217. The molecule has 0 bridgehead atoms. The molecular weight excluding hydrogens is 496 g/mol. The Kier molecular flexibility index (Phi) is 11.4. The van der Waals surface area contributed by atoms with Crippen molar-refractivity contribution in [3.63, 3.8) is 0 Å². The number of carboxylic acids is 2. The minimum atomic E-state index is -1.22. The van der Waals surface area contributed by atoms with Gasteiger partial charge in [0.25, 0.3) is 0 Å². The first kappa shape index (κ1) is 30.0. The van der Waals surface area contributed by atoms with Crippen LogP contribution in [0, 0.1) is 5.92 Å². The SMILES string of the molecule is CC(C)C(NC(=O)C(Cc1cnc[nH]1)NC(=O)C(Cc1ccccc1)NC(=O)C(N)CCC(=O)O)C(=O)O. The van der Waals surface area contributed by atoms with E-state index in [0.717, 1.165) is 0 Å². The molecular formula is C25H34N6O7. The lowest BCUT2D eigenvalue weighted by Gasteiger charge is -2.26. The van der Waals surface area contributed by atoms with Crippen molar-refractivity contribution in [2.45, 2.75) is 63.7 Å². The molecule has 1 aromatic carbocycles. The van der Waals surface area contributed by atoms with E-state index in [1.807, 2.05) is 0 Å². The average molecular weight is 531 g/mol. The van der Waals surface area contributed by atoms with Gasteiger partial charge in [0, 0.05) is 31.2 Å². The monoisotopic (exact) mass is 530 g/mol. The number of carbonyl (C=O) groups excluding carboxylic acids is 3. The van der Waals surface area contributed by atoms with Gasteiger partial charge in [-0.15, -0.1) is 0 Å². The number of H-pyrrole nitrogens is 1. The Labute approximate surface area is 219 Å². The minimum Gasteiger partial charge on any atom is -0.481 e. The molecule has 0 radical (unpaired) electrons. The molecule has 0 aliphatic heterocycles. The number of imidazole rings is 1. The summed E-state index contributed by atoms with van der Waals surface area (Å²) in [6, 6.07) is 4.13. The quantitative estimate of drug-likeness (QED) is 0.159. The van der Waals surface area contributed by atoms with Gasteiger partial charge in [-0.2, -0.15) is 0 Å². The number of nitrogens with zero attached hydrogens (tertiary/aromatic N) is 1. The summed E-state index contributed by atoms with van der Waals surface area (Å²) in [4.78, 5) is 68.4. The topological polar surface area (TPSA) is 217 Å². The third kappa shape index (κ3) is 9.65. The number of nitrogens with one attached hydrogen (secondary N) is 4. The lowest BCUT2D eigenvalue weighted by atomic mass is 10.0. The molecule has 13 nitrogen and oxygen atoms in total. The number of rotatable bonds is 15. The fourth-order valence-electron chi connectivity index (χ4n) is 3.61. The molecule has 13 heteroatoms. The first-order chi connectivity index (χ1) is 18.0. The molecule has 3 amide bonds. The highest BCUT2D eigenvalue weighted by Gasteiger charge is 2.32. The summed E-state index contributed by atoms with van der Waals surface area (Å²) in [5.41, 5.74) is 7.05. The zero-order chi connectivity index (χ0) is 28.2. The van der Waals surface area contributed by atoms with Crippen molar-refractivity contribution in [2.24, 2.45) is 11.7 Å². The normalized spacial score (nSPS) is 14.1. The van der Waals surface area contributed by atoms with Crippen LogP contribution < -0.4 is 21.7 Å². The molecule has 1 heterocycles. The molecule has 0 saturated carbocycles. The zero-order valence-electron chi connectivity index (χ0n) is 21.2. The molecule has 206 valence electrons. The summed E-state index contributed by atoms with van der Waals surface area (Å²) in [6.45, 7) is 3.28. The van der Waals surface area contributed by atoms with Crippen LogP contribution >= 0.6 is 0 Å². The summed E-state index contributed by atoms with van der Waals surface area (Å²) in [5.74, 6) is -4.90. The van der Waals surface area contributed by atoms with Gasteiger partial charge in [-0.3, -0.25) is 19.2 Å². The second kappa shape index (κ2) is 14.5. The zero-order valence-corrected chi connectivity index (χ0v) is 21.2. The summed E-state index contributed by atoms with van der Waals surface area (Å²) in [5, 5.41) is 26.0. The Hall–Kier alpha value is -4.26. The number of aromatic nitrogens is 2. The largest absolute Gasteiger partial charge is 0.481 e. The molecule has 2 aromatic rings. The first-order valence-corrected chi connectivity index (χ1v) is 12.1. The van der Waals surface area contributed by atoms with Crippen LogP contribution in [0.4, 0.5) is 0 Å². The van der Waals surface area contributed by atoms with E-state index in [2.05, 4.69) is 25.9 Å². The van der Waals surface area contributed by atoms with Crippen LogP contribution in [0.3, 0.4) is 0 Å². The van der Waals surface area contributed by atoms with E-state index < -0.39 is 59.7 Å². The van der Waals surface area contributed by atoms with Gasteiger partial charge in [0.1, 0.15) is 18.1 Å². The van der Waals surface area contributed by atoms with E-state index in [0.29, 0.717) is 11.3 Å². The summed E-state index contributed by atoms with van der Waals surface area (Å²) in [7, 11) is 0. The van der Waals surface area contributed by atoms with Gasteiger partial charge in [-0.05, 0) is 17.9 Å². The lowest BCUT2D eigenvalue weighted by Crippen LogP contribution is -2.58. The van der Waals surface area contributed by atoms with E-state index >= 15 is 0 Å². The number of amides is 3. The van der Waals surface area contributed by atoms with Crippen molar-refractivity contribution >= 4 is 29.7 Å². The van der Waals surface area contributed by atoms with Crippen molar-refractivity contribution in [3.05, 3.63) is 54.1 Å². The van der Waals surface area contributed by atoms with Crippen molar-refractivity contribution in [3.8, 4) is 0 Å². The second-order valence-corrected chi connectivity index (χ2v) is 9.20. The highest BCUT2D eigenvalue weighted by molar-refractivity contribution is 5.94. The Bertz CT molecular complexity index is 1090. The Morgan fingerprint density at radius 2 is 1.53 bits per heavy atom. The van der Waals surface area contributed by atoms with Crippen LogP contribution in [-0.4, -0.2) is 74.0 Å². The number of hydrogen-bond donors (Lipinski definition) is 7. The smallest absolute Gasteiger partial charge is 0.326 e. The van der Waals surface area contributed by atoms with Gasteiger partial charge < -0.3 is 36.9 Å². The number of carbonyl (C=O) groups is 5. The number of hydrogen-bond acceptors (Lipinski definition) is 7. The van der Waals surface area contributed by atoms with Gasteiger partial charge in [0.05, 0.1) is 12.4 Å². The van der Waals surface area contributed by atoms with Gasteiger partial charge in [0.2, 0.25) is 17.7 Å². The predicted molar refractivity (Wildman–Crippen MR) is 136 cm³/mol. The fourth-order valence-corrected chi connectivity index (χ4v) is 3.61. The summed E-state index contributed by atoms with van der Waals surface area (Å²) >= 11 is 0. The molecule has 2 rings (SSSR count). The lowest BCUT2D eigenvalue weighted by molar-refractivity contribution is -0.143. The Balaban J connectivity index is 2.25. The van der Waals surface area contributed by atoms with Crippen LogP contribution in [0.2, 0.25) is 0 Å². The number of aliphatic carboxylic acids is 2. The van der Waals surface area contributed by atoms with Crippen LogP contribution in [0.15, 0.2) is 42.9 Å².